The lowest BCUT2D eigenvalue weighted by Gasteiger charge is -2.08. The van der Waals surface area contributed by atoms with Crippen molar-refractivity contribution in [2.75, 3.05) is 11.1 Å². The quantitative estimate of drug-likeness (QED) is 0.676. The van der Waals surface area contributed by atoms with Gasteiger partial charge >= 0.3 is 0 Å². The van der Waals surface area contributed by atoms with Gasteiger partial charge in [-0.05, 0) is 23.8 Å². The van der Waals surface area contributed by atoms with Gasteiger partial charge in [0.2, 0.25) is 5.91 Å². The van der Waals surface area contributed by atoms with Crippen LogP contribution < -0.4 is 11.1 Å². The molecule has 3 nitrogen and oxygen atoms in total. The number of nitrogens with two attached hydrogens (primary N) is 1. The predicted molar refractivity (Wildman–Crippen MR) is 69.5 cm³/mol. The van der Waals surface area contributed by atoms with Gasteiger partial charge in [-0.3, -0.25) is 4.79 Å². The first-order chi connectivity index (χ1) is 9.86. The molecular formula is C14H10F4N2O. The summed E-state index contributed by atoms with van der Waals surface area (Å²) in [5, 5.41) is 2.18. The van der Waals surface area contributed by atoms with E-state index < -0.39 is 29.2 Å². The molecule has 0 unspecified atom stereocenters. The van der Waals surface area contributed by atoms with Crippen molar-refractivity contribution in [1.82, 2.24) is 0 Å². The highest BCUT2D eigenvalue weighted by Crippen LogP contribution is 2.21. The fraction of sp³-hybridized carbons (Fsp3) is 0.0714. The van der Waals surface area contributed by atoms with Gasteiger partial charge < -0.3 is 11.1 Å². The van der Waals surface area contributed by atoms with E-state index in [1.807, 2.05) is 0 Å². The molecule has 0 fully saturated rings. The van der Waals surface area contributed by atoms with Crippen molar-refractivity contribution in [2.24, 2.45) is 0 Å². The molecule has 0 spiro atoms. The number of nitrogen functional groups attached to an aromatic ring is 1. The van der Waals surface area contributed by atoms with Gasteiger partial charge in [0.25, 0.3) is 0 Å². The van der Waals surface area contributed by atoms with Crippen LogP contribution in [0.1, 0.15) is 5.56 Å². The molecule has 0 heterocycles. The molecule has 0 bridgehead atoms. The van der Waals surface area contributed by atoms with Gasteiger partial charge in [0.05, 0.1) is 17.8 Å². The van der Waals surface area contributed by atoms with E-state index >= 15 is 0 Å². The van der Waals surface area contributed by atoms with Crippen molar-refractivity contribution in [2.45, 2.75) is 6.42 Å². The second-order valence-corrected chi connectivity index (χ2v) is 4.33. The Morgan fingerprint density at radius 3 is 2.33 bits per heavy atom. The number of carbonyl (C=O) groups excluding carboxylic acids is 1. The molecule has 0 radical (unpaired) electrons. The zero-order valence-electron chi connectivity index (χ0n) is 10.6. The predicted octanol–water partition coefficient (Wildman–Crippen LogP) is 3.01. The van der Waals surface area contributed by atoms with Gasteiger partial charge in [0.1, 0.15) is 11.6 Å². The maximum absolute atomic E-state index is 13.4. The third-order valence-corrected chi connectivity index (χ3v) is 2.71. The standard InChI is InChI=1S/C14H10F4N2O/c15-8-2-1-7(3-9(8)16)4-14(21)20-13-6-12(19)10(17)5-11(13)18/h1-3,5-6H,4,19H2,(H,20,21). The van der Waals surface area contributed by atoms with Crippen LogP contribution in [0.25, 0.3) is 0 Å². The van der Waals surface area contributed by atoms with E-state index in [1.165, 1.54) is 6.07 Å². The molecule has 2 aromatic carbocycles. The second-order valence-electron chi connectivity index (χ2n) is 4.33. The molecule has 1 amide bonds. The van der Waals surface area contributed by atoms with Gasteiger partial charge in [-0.25, -0.2) is 17.6 Å². The SMILES string of the molecule is Nc1cc(NC(=O)Cc2ccc(F)c(F)c2)c(F)cc1F. The molecule has 0 saturated heterocycles. The van der Waals surface area contributed by atoms with Crippen molar-refractivity contribution in [3.63, 3.8) is 0 Å². The summed E-state index contributed by atoms with van der Waals surface area (Å²) in [5.74, 6) is -4.72. The monoisotopic (exact) mass is 298 g/mol. The topological polar surface area (TPSA) is 55.1 Å². The molecule has 0 aromatic heterocycles. The minimum Gasteiger partial charge on any atom is -0.396 e. The number of anilines is 2. The smallest absolute Gasteiger partial charge is 0.228 e. The molecule has 0 atom stereocenters. The van der Waals surface area contributed by atoms with Gasteiger partial charge in [0, 0.05) is 6.07 Å². The number of nitrogens with one attached hydrogen (secondary N) is 1. The molecular weight excluding hydrogens is 288 g/mol. The largest absolute Gasteiger partial charge is 0.396 e. The lowest BCUT2D eigenvalue weighted by atomic mass is 10.1. The third-order valence-electron chi connectivity index (χ3n) is 2.71. The van der Waals surface area contributed by atoms with Crippen molar-refractivity contribution < 1.29 is 22.4 Å². The normalized spacial score (nSPS) is 10.5. The maximum atomic E-state index is 13.4. The number of hydrogen-bond donors (Lipinski definition) is 2. The van der Waals surface area contributed by atoms with Crippen LogP contribution in [0.15, 0.2) is 30.3 Å². The van der Waals surface area contributed by atoms with Crippen molar-refractivity contribution in [3.05, 3.63) is 59.2 Å². The second kappa shape index (κ2) is 5.82. The molecule has 0 saturated carbocycles. The van der Waals surface area contributed by atoms with Crippen LogP contribution in [0.5, 0.6) is 0 Å². The van der Waals surface area contributed by atoms with E-state index in [0.717, 1.165) is 18.2 Å². The molecule has 0 aliphatic carbocycles. The van der Waals surface area contributed by atoms with Crippen LogP contribution in [-0.4, -0.2) is 5.91 Å². The van der Waals surface area contributed by atoms with Crippen molar-refractivity contribution >= 4 is 17.3 Å². The Balaban J connectivity index is 2.11. The first kappa shape index (κ1) is 14.8. The van der Waals surface area contributed by atoms with Gasteiger partial charge in [-0.15, -0.1) is 0 Å². The van der Waals surface area contributed by atoms with Crippen LogP contribution >= 0.6 is 0 Å². The minimum absolute atomic E-state index is 0.210. The zero-order valence-corrected chi connectivity index (χ0v) is 10.6. The molecule has 3 N–H and O–H groups in total. The molecule has 110 valence electrons. The number of amides is 1. The first-order valence-electron chi connectivity index (χ1n) is 5.85. The fourth-order valence-electron chi connectivity index (χ4n) is 1.69. The summed E-state index contributed by atoms with van der Waals surface area (Å²) in [6.45, 7) is 0. The van der Waals surface area contributed by atoms with E-state index in [-0.39, 0.29) is 23.4 Å². The molecule has 2 aromatic rings. The van der Waals surface area contributed by atoms with Crippen molar-refractivity contribution in [1.29, 1.82) is 0 Å². The number of halogens is 4. The molecule has 7 heteroatoms. The lowest BCUT2D eigenvalue weighted by Crippen LogP contribution is -2.16. The van der Waals surface area contributed by atoms with Crippen LogP contribution in [0, 0.1) is 23.3 Å². The van der Waals surface area contributed by atoms with Gasteiger partial charge in [-0.1, -0.05) is 6.07 Å². The minimum atomic E-state index is -1.09. The van der Waals surface area contributed by atoms with Gasteiger partial charge in [0.15, 0.2) is 11.6 Å². The summed E-state index contributed by atoms with van der Waals surface area (Å²) < 4.78 is 52.1. The zero-order chi connectivity index (χ0) is 15.6. The van der Waals surface area contributed by atoms with E-state index in [1.54, 1.807) is 0 Å². The lowest BCUT2D eigenvalue weighted by molar-refractivity contribution is -0.115. The Bertz CT molecular complexity index is 704. The van der Waals surface area contributed by atoms with Crippen LogP contribution in [0.3, 0.4) is 0 Å². The number of hydrogen-bond acceptors (Lipinski definition) is 2. The summed E-state index contributed by atoms with van der Waals surface area (Å²) in [6.07, 6.45) is -0.298. The van der Waals surface area contributed by atoms with Gasteiger partial charge in [-0.2, -0.15) is 0 Å². The highest BCUT2D eigenvalue weighted by atomic mass is 19.2. The van der Waals surface area contributed by atoms with Crippen LogP contribution in [0.4, 0.5) is 28.9 Å². The summed E-state index contributed by atoms with van der Waals surface area (Å²) >= 11 is 0. The summed E-state index contributed by atoms with van der Waals surface area (Å²) in [7, 11) is 0. The number of benzene rings is 2. The van der Waals surface area contributed by atoms with Crippen LogP contribution in [0.2, 0.25) is 0 Å². The summed E-state index contributed by atoms with van der Waals surface area (Å²) in [6, 6.07) is 4.46. The Labute approximate surface area is 117 Å². The number of rotatable bonds is 3. The highest BCUT2D eigenvalue weighted by Gasteiger charge is 2.12. The Kier molecular flexibility index (Phi) is 4.11. The van der Waals surface area contributed by atoms with E-state index in [4.69, 9.17) is 5.73 Å². The first-order valence-corrected chi connectivity index (χ1v) is 5.85. The Hall–Kier alpha value is -2.57. The molecule has 0 aliphatic heterocycles. The highest BCUT2D eigenvalue weighted by molar-refractivity contribution is 5.92. The molecule has 0 aliphatic rings. The average Bonchev–Trinajstić information content (AvgIpc) is 2.40. The Morgan fingerprint density at radius 1 is 0.952 bits per heavy atom. The van der Waals surface area contributed by atoms with Crippen LogP contribution in [-0.2, 0) is 11.2 Å². The third kappa shape index (κ3) is 3.50. The molecule has 21 heavy (non-hydrogen) atoms. The average molecular weight is 298 g/mol. The van der Waals surface area contributed by atoms with E-state index in [9.17, 15) is 22.4 Å². The van der Waals surface area contributed by atoms with E-state index in [2.05, 4.69) is 5.32 Å². The summed E-state index contributed by atoms with van der Waals surface area (Å²) in [4.78, 5) is 11.7. The van der Waals surface area contributed by atoms with Crippen molar-refractivity contribution in [3.8, 4) is 0 Å². The molecule has 2 rings (SSSR count). The van der Waals surface area contributed by atoms with E-state index in [0.29, 0.717) is 6.07 Å². The number of carbonyl (C=O) groups is 1. The maximum Gasteiger partial charge on any atom is 0.228 e. The summed E-state index contributed by atoms with van der Waals surface area (Å²) in [5.41, 5.74) is 4.87. The Morgan fingerprint density at radius 2 is 1.67 bits per heavy atom. The fourth-order valence-corrected chi connectivity index (χ4v) is 1.69.